The van der Waals surface area contributed by atoms with Gasteiger partial charge in [0, 0.05) is 43.3 Å². The highest BCUT2D eigenvalue weighted by Crippen LogP contribution is 2.29. The minimum absolute atomic E-state index is 0.0299. The van der Waals surface area contributed by atoms with E-state index in [4.69, 9.17) is 11.6 Å². The molecule has 1 aromatic heterocycles. The van der Waals surface area contributed by atoms with Gasteiger partial charge in [-0.15, -0.1) is 0 Å². The smallest absolute Gasteiger partial charge is 0.242 e. The number of aromatic nitrogens is 1. The van der Waals surface area contributed by atoms with E-state index in [1.165, 1.54) is 24.4 Å². The lowest BCUT2D eigenvalue weighted by Gasteiger charge is -2.36. The van der Waals surface area contributed by atoms with Crippen LogP contribution in [-0.2, 0) is 26.9 Å². The van der Waals surface area contributed by atoms with Crippen molar-refractivity contribution in [3.05, 3.63) is 95.4 Å². The van der Waals surface area contributed by atoms with Gasteiger partial charge in [0.25, 0.3) is 0 Å². The number of hydrogen-bond acceptors (Lipinski definition) is 4. The molecule has 36 heavy (non-hydrogen) atoms. The molecule has 1 aliphatic heterocycles. The van der Waals surface area contributed by atoms with E-state index >= 15 is 0 Å². The van der Waals surface area contributed by atoms with Crippen LogP contribution in [0.15, 0.2) is 83.9 Å². The van der Waals surface area contributed by atoms with Crippen molar-refractivity contribution in [2.45, 2.75) is 17.2 Å². The summed E-state index contributed by atoms with van der Waals surface area (Å²) in [6.07, 6.45) is 1.52. The number of piperazine rings is 1. The number of benzene rings is 3. The van der Waals surface area contributed by atoms with E-state index in [1.54, 1.807) is 33.7 Å². The van der Waals surface area contributed by atoms with Crippen LogP contribution in [0.4, 0.5) is 10.1 Å². The van der Waals surface area contributed by atoms with Gasteiger partial charge in [0.2, 0.25) is 5.91 Å². The molecule has 4 aromatic rings. The quantitative estimate of drug-likeness (QED) is 0.364. The van der Waals surface area contributed by atoms with Crippen LogP contribution in [0.1, 0.15) is 5.56 Å². The molecule has 3 aromatic carbocycles. The molecule has 5 rings (SSSR count). The second-order valence-electron chi connectivity index (χ2n) is 8.85. The molecule has 0 N–H and O–H groups in total. The highest BCUT2D eigenvalue weighted by Gasteiger charge is 2.25. The van der Waals surface area contributed by atoms with Gasteiger partial charge in [0.05, 0.1) is 21.4 Å². The van der Waals surface area contributed by atoms with Gasteiger partial charge in [0.15, 0.2) is 9.84 Å². The van der Waals surface area contributed by atoms with Crippen LogP contribution in [0.25, 0.3) is 10.9 Å². The molecule has 0 bridgehead atoms. The lowest BCUT2D eigenvalue weighted by atomic mass is 10.2. The first-order chi connectivity index (χ1) is 17.3. The van der Waals surface area contributed by atoms with Gasteiger partial charge in [-0.25, -0.2) is 12.8 Å². The van der Waals surface area contributed by atoms with E-state index in [0.717, 1.165) is 5.69 Å². The number of carbonyl (C=O) groups is 1. The topological polar surface area (TPSA) is 62.6 Å². The third-order valence-corrected chi connectivity index (χ3v) is 8.49. The molecule has 0 spiro atoms. The molecule has 0 radical (unpaired) electrons. The van der Waals surface area contributed by atoms with Gasteiger partial charge in [0.1, 0.15) is 12.4 Å². The fraction of sp³-hybridized carbons (Fsp3) is 0.222. The molecular weight excluding hydrogens is 501 g/mol. The van der Waals surface area contributed by atoms with E-state index < -0.39 is 15.7 Å². The van der Waals surface area contributed by atoms with Gasteiger partial charge in [-0.2, -0.15) is 0 Å². The molecule has 0 aliphatic carbocycles. The lowest BCUT2D eigenvalue weighted by Crippen LogP contribution is -2.49. The number of nitrogens with zero attached hydrogens (tertiary/aromatic N) is 3. The molecule has 1 fully saturated rings. The second kappa shape index (κ2) is 9.95. The number of para-hydroxylation sites is 2. The molecule has 2 heterocycles. The highest BCUT2D eigenvalue weighted by molar-refractivity contribution is 7.90. The van der Waals surface area contributed by atoms with Crippen molar-refractivity contribution in [1.82, 2.24) is 9.47 Å². The zero-order valence-corrected chi connectivity index (χ0v) is 21.1. The number of sulfone groups is 1. The maximum atomic E-state index is 13.6. The SMILES string of the molecule is O=C(Cn1cc(S(=O)(=O)Cc2cccc(F)c2)c2ccccc21)N1CCN(c2ccccc2Cl)CC1. The fourth-order valence-electron chi connectivity index (χ4n) is 4.67. The largest absolute Gasteiger partial charge is 0.367 e. The van der Waals surface area contributed by atoms with Crippen LogP contribution >= 0.6 is 11.6 Å². The van der Waals surface area contributed by atoms with Gasteiger partial charge in [-0.3, -0.25) is 4.79 Å². The Kier molecular flexibility index (Phi) is 6.73. The van der Waals surface area contributed by atoms with Gasteiger partial charge in [-0.1, -0.05) is 54.1 Å². The summed E-state index contributed by atoms with van der Waals surface area (Å²) >= 11 is 6.32. The van der Waals surface area contributed by atoms with Crippen molar-refractivity contribution in [3.63, 3.8) is 0 Å². The van der Waals surface area contributed by atoms with Crippen molar-refractivity contribution >= 4 is 43.9 Å². The fourth-order valence-corrected chi connectivity index (χ4v) is 6.49. The normalized spacial score (nSPS) is 14.4. The Morgan fingerprint density at radius 1 is 0.917 bits per heavy atom. The minimum Gasteiger partial charge on any atom is -0.367 e. The first-order valence-electron chi connectivity index (χ1n) is 11.6. The zero-order chi connectivity index (χ0) is 25.3. The summed E-state index contributed by atoms with van der Waals surface area (Å²) in [7, 11) is -3.77. The van der Waals surface area contributed by atoms with Crippen LogP contribution in [0.5, 0.6) is 0 Å². The van der Waals surface area contributed by atoms with E-state index in [9.17, 15) is 17.6 Å². The molecule has 1 aliphatic rings. The summed E-state index contributed by atoms with van der Waals surface area (Å²) in [5.41, 5.74) is 1.99. The summed E-state index contributed by atoms with van der Waals surface area (Å²) in [5, 5.41) is 1.23. The lowest BCUT2D eigenvalue weighted by molar-refractivity contribution is -0.132. The predicted molar refractivity (Wildman–Crippen MR) is 139 cm³/mol. The zero-order valence-electron chi connectivity index (χ0n) is 19.5. The maximum Gasteiger partial charge on any atom is 0.242 e. The number of hydrogen-bond donors (Lipinski definition) is 0. The van der Waals surface area contributed by atoms with Crippen LogP contribution in [-0.4, -0.2) is 50.0 Å². The van der Waals surface area contributed by atoms with E-state index in [-0.39, 0.29) is 23.1 Å². The third kappa shape index (κ3) is 4.96. The van der Waals surface area contributed by atoms with Crippen molar-refractivity contribution in [3.8, 4) is 0 Å². The number of anilines is 1. The predicted octanol–water partition coefficient (Wildman–Crippen LogP) is 4.76. The monoisotopic (exact) mass is 525 g/mol. The number of carbonyl (C=O) groups excluding carboxylic acids is 1. The van der Waals surface area contributed by atoms with Gasteiger partial charge < -0.3 is 14.4 Å². The molecule has 0 unspecified atom stereocenters. The molecule has 186 valence electrons. The molecular formula is C27H25ClFN3O3S. The highest BCUT2D eigenvalue weighted by atomic mass is 35.5. The number of fused-ring (bicyclic) bond motifs is 1. The Bertz CT molecular complexity index is 1530. The Balaban J connectivity index is 1.34. The molecule has 9 heteroatoms. The Labute approximate surface area is 214 Å². The second-order valence-corrected chi connectivity index (χ2v) is 11.2. The summed E-state index contributed by atoms with van der Waals surface area (Å²) < 4.78 is 41.9. The first kappa shape index (κ1) is 24.3. The summed E-state index contributed by atoms with van der Waals surface area (Å²) in [6, 6.07) is 20.4. The van der Waals surface area contributed by atoms with E-state index in [0.29, 0.717) is 47.7 Å². The van der Waals surface area contributed by atoms with Crippen molar-refractivity contribution in [2.24, 2.45) is 0 Å². The maximum absolute atomic E-state index is 13.6. The average Bonchev–Trinajstić information content (AvgIpc) is 3.24. The average molecular weight is 526 g/mol. The van der Waals surface area contributed by atoms with Gasteiger partial charge >= 0.3 is 0 Å². The molecule has 0 atom stereocenters. The standard InChI is InChI=1S/C27H25ClFN3O3S/c28-23-9-2-4-11-25(23)30-12-14-31(15-13-30)27(33)18-32-17-26(22-8-1-3-10-24(22)32)36(34,35)19-20-6-5-7-21(29)16-20/h1-11,16-17H,12-15,18-19H2. The van der Waals surface area contributed by atoms with Crippen molar-refractivity contribution in [1.29, 1.82) is 0 Å². The Morgan fingerprint density at radius 2 is 1.64 bits per heavy atom. The molecule has 0 saturated carbocycles. The summed E-state index contributed by atoms with van der Waals surface area (Å²) in [6.45, 7) is 2.45. The van der Waals surface area contributed by atoms with Crippen LogP contribution in [0, 0.1) is 5.82 Å². The number of rotatable bonds is 6. The summed E-state index contributed by atoms with van der Waals surface area (Å²) in [5.74, 6) is -0.884. The van der Waals surface area contributed by atoms with E-state index in [2.05, 4.69) is 4.90 Å². The van der Waals surface area contributed by atoms with Crippen molar-refractivity contribution in [2.75, 3.05) is 31.1 Å². The van der Waals surface area contributed by atoms with Gasteiger partial charge in [-0.05, 0) is 35.9 Å². The molecule has 1 saturated heterocycles. The summed E-state index contributed by atoms with van der Waals surface area (Å²) in [4.78, 5) is 17.3. The number of amides is 1. The molecule has 6 nitrogen and oxygen atoms in total. The Morgan fingerprint density at radius 3 is 2.39 bits per heavy atom. The third-order valence-electron chi connectivity index (χ3n) is 6.46. The first-order valence-corrected chi connectivity index (χ1v) is 13.7. The Hall–Kier alpha value is -3.36. The van der Waals surface area contributed by atoms with E-state index in [1.807, 2.05) is 30.3 Å². The number of halogens is 2. The van der Waals surface area contributed by atoms with Crippen LogP contribution in [0.2, 0.25) is 5.02 Å². The van der Waals surface area contributed by atoms with Crippen LogP contribution < -0.4 is 4.90 Å². The minimum atomic E-state index is -3.77. The van der Waals surface area contributed by atoms with Crippen LogP contribution in [0.3, 0.4) is 0 Å². The molecule has 1 amide bonds. The van der Waals surface area contributed by atoms with Crippen molar-refractivity contribution < 1.29 is 17.6 Å².